The molecule has 0 saturated carbocycles. The van der Waals surface area contributed by atoms with E-state index in [4.69, 9.17) is 23.7 Å². The van der Waals surface area contributed by atoms with Crippen LogP contribution in [0.15, 0.2) is 97.1 Å². The smallest absolute Gasteiger partial charge is 0.318 e. The molecule has 4 aromatic carbocycles. The average Bonchev–Trinajstić information content (AvgIpc) is 3.29. The quantitative estimate of drug-likeness (QED) is 0.0505. The summed E-state index contributed by atoms with van der Waals surface area (Å²) in [4.78, 5) is 28.4. The summed E-state index contributed by atoms with van der Waals surface area (Å²) in [7, 11) is 7.92. The van der Waals surface area contributed by atoms with Crippen LogP contribution in [0.3, 0.4) is 0 Å². The van der Waals surface area contributed by atoms with E-state index in [1.54, 1.807) is 45.6 Å². The zero-order valence-electron chi connectivity index (χ0n) is 34.7. The van der Waals surface area contributed by atoms with Gasteiger partial charge in [0.15, 0.2) is 6.29 Å². The van der Waals surface area contributed by atoms with Gasteiger partial charge in [0.05, 0.1) is 52.0 Å². The Kier molecular flexibility index (Phi) is 19.1. The van der Waals surface area contributed by atoms with Crippen LogP contribution in [0.2, 0.25) is 0 Å². The number of hydrogen-bond acceptors (Lipinski definition) is 13. The maximum atomic E-state index is 14.2. The van der Waals surface area contributed by atoms with E-state index in [2.05, 4.69) is 35.9 Å². The summed E-state index contributed by atoms with van der Waals surface area (Å²) >= 11 is 0. The molecule has 0 bridgehead atoms. The van der Waals surface area contributed by atoms with Gasteiger partial charge in [-0.1, -0.05) is 24.3 Å². The Morgan fingerprint density at radius 1 is 0.574 bits per heavy atom. The maximum absolute atomic E-state index is 14.2. The highest BCUT2D eigenvalue weighted by molar-refractivity contribution is 5.85. The molecule has 3 N–H and O–H groups in total. The first-order valence-corrected chi connectivity index (χ1v) is 19.1. The van der Waals surface area contributed by atoms with Crippen molar-refractivity contribution in [2.45, 2.75) is 19.4 Å². The van der Waals surface area contributed by atoms with Gasteiger partial charge in [-0.05, 0) is 84.6 Å². The minimum absolute atomic E-state index is 0. The van der Waals surface area contributed by atoms with Crippen LogP contribution in [0.5, 0.6) is 23.5 Å². The summed E-state index contributed by atoms with van der Waals surface area (Å²) < 4.78 is 53.6. The lowest BCUT2D eigenvalue weighted by atomic mass is 10.1. The molecule has 0 aliphatic heterocycles. The number of ether oxygens (including phenoxy) is 5. The molecule has 2 aromatic heterocycles. The predicted octanol–water partition coefficient (Wildman–Crippen LogP) is 7.88. The van der Waals surface area contributed by atoms with Gasteiger partial charge < -0.3 is 39.6 Å². The van der Waals surface area contributed by atoms with Gasteiger partial charge in [-0.25, -0.2) is 8.78 Å². The van der Waals surface area contributed by atoms with Gasteiger partial charge >= 0.3 is 12.0 Å². The summed E-state index contributed by atoms with van der Waals surface area (Å²) in [5.41, 5.74) is 5.45. The summed E-state index contributed by atoms with van der Waals surface area (Å²) in [6.07, 6.45) is 2.09. The number of benzene rings is 4. The van der Waals surface area contributed by atoms with Crippen molar-refractivity contribution in [2.24, 2.45) is 0 Å². The first kappa shape index (κ1) is 47.3. The summed E-state index contributed by atoms with van der Waals surface area (Å²) in [6, 6.07) is 29.0. The minimum Gasteiger partial charge on any atom is -0.497 e. The van der Waals surface area contributed by atoms with Crippen molar-refractivity contribution in [3.8, 4) is 46.0 Å². The second-order valence-corrected chi connectivity index (χ2v) is 13.1. The van der Waals surface area contributed by atoms with E-state index in [1.165, 1.54) is 38.0 Å². The Morgan fingerprint density at radius 3 is 1.52 bits per heavy atom. The molecule has 0 aliphatic carbocycles. The number of aromatic nitrogens is 4. The number of anilines is 2. The van der Waals surface area contributed by atoms with Gasteiger partial charge in [0.1, 0.15) is 34.8 Å². The van der Waals surface area contributed by atoms with Crippen LogP contribution in [0.25, 0.3) is 22.5 Å². The Bertz CT molecular complexity index is 2290. The molecule has 0 aliphatic rings. The Balaban J connectivity index is 0.000000266. The van der Waals surface area contributed by atoms with E-state index in [1.807, 2.05) is 54.6 Å². The van der Waals surface area contributed by atoms with Crippen LogP contribution >= 0.6 is 12.4 Å². The molecular formula is C45H50ClF2N7O6. The normalized spacial score (nSPS) is 10.4. The van der Waals surface area contributed by atoms with Gasteiger partial charge in [-0.2, -0.15) is 19.9 Å². The van der Waals surface area contributed by atoms with Crippen LogP contribution in [0, 0.1) is 11.6 Å². The third-order valence-electron chi connectivity index (χ3n) is 9.09. The van der Waals surface area contributed by atoms with Crippen molar-refractivity contribution in [3.05, 3.63) is 131 Å². The van der Waals surface area contributed by atoms with Crippen LogP contribution in [0.1, 0.15) is 27.0 Å². The minimum atomic E-state index is -0.572. The lowest BCUT2D eigenvalue weighted by Crippen LogP contribution is -2.19. The number of carbonyl (C=O) groups excluding carboxylic acids is 1. The Hall–Kier alpha value is -6.42. The van der Waals surface area contributed by atoms with Gasteiger partial charge in [-0.15, -0.1) is 12.4 Å². The Labute approximate surface area is 360 Å². The number of nitrogens with zero attached hydrogens (tertiary/aromatic N) is 4. The molecule has 0 amide bonds. The van der Waals surface area contributed by atoms with Crippen LogP contribution in [-0.2, 0) is 24.1 Å². The summed E-state index contributed by atoms with van der Waals surface area (Å²) in [5.74, 6) is 2.03. The topological polar surface area (TPSA) is 151 Å². The molecule has 0 spiro atoms. The average molecular weight is 858 g/mol. The molecular weight excluding hydrogens is 808 g/mol. The second-order valence-electron chi connectivity index (χ2n) is 13.1. The highest BCUT2D eigenvalue weighted by Crippen LogP contribution is 2.26. The van der Waals surface area contributed by atoms with E-state index in [-0.39, 0.29) is 35.8 Å². The number of halogens is 3. The second kappa shape index (κ2) is 24.6. The van der Waals surface area contributed by atoms with Crippen LogP contribution < -0.4 is 34.9 Å². The number of methoxy groups -OCH3 is 5. The van der Waals surface area contributed by atoms with Gasteiger partial charge in [0.25, 0.3) is 0 Å². The summed E-state index contributed by atoms with van der Waals surface area (Å²) in [5, 5.41) is 9.72. The molecule has 0 unspecified atom stereocenters. The van der Waals surface area contributed by atoms with Gasteiger partial charge in [0.2, 0.25) is 0 Å². The zero-order valence-corrected chi connectivity index (χ0v) is 35.5. The molecule has 2 heterocycles. The first-order valence-electron chi connectivity index (χ1n) is 19.1. The SMILES string of the molecule is COCCNCc1cc(-c2cc(NCCc3ccc(OC)cc3)nc(OC)n2)ccc1F.COc1ccc(CCNc2cc(-c3ccc(F)c(C=O)c3)nc(OC)n2)cc1.Cl. The molecule has 0 fully saturated rings. The highest BCUT2D eigenvalue weighted by atomic mass is 35.5. The predicted molar refractivity (Wildman–Crippen MR) is 235 cm³/mol. The molecule has 0 radical (unpaired) electrons. The number of nitrogens with one attached hydrogen (secondary N) is 3. The lowest BCUT2D eigenvalue weighted by Gasteiger charge is -2.11. The van der Waals surface area contributed by atoms with E-state index in [0.29, 0.717) is 73.2 Å². The monoisotopic (exact) mass is 857 g/mol. The zero-order chi connectivity index (χ0) is 42.7. The summed E-state index contributed by atoms with van der Waals surface area (Å²) in [6.45, 7) is 2.94. The largest absolute Gasteiger partial charge is 0.497 e. The molecule has 13 nitrogen and oxygen atoms in total. The van der Waals surface area contributed by atoms with Crippen LogP contribution in [0.4, 0.5) is 20.4 Å². The third kappa shape index (κ3) is 14.4. The molecule has 16 heteroatoms. The Morgan fingerprint density at radius 2 is 1.07 bits per heavy atom. The van der Waals surface area contributed by atoms with Crippen molar-refractivity contribution in [3.63, 3.8) is 0 Å². The van der Waals surface area contributed by atoms with Crippen molar-refractivity contribution >= 4 is 30.3 Å². The molecule has 6 aromatic rings. The van der Waals surface area contributed by atoms with Crippen molar-refractivity contribution in [1.29, 1.82) is 0 Å². The van der Waals surface area contributed by atoms with Gasteiger partial charge in [-0.3, -0.25) is 4.79 Å². The number of aldehydes is 1. The van der Waals surface area contributed by atoms with E-state index in [0.717, 1.165) is 35.5 Å². The van der Waals surface area contributed by atoms with E-state index in [9.17, 15) is 13.6 Å². The maximum Gasteiger partial charge on any atom is 0.318 e. The standard InChI is InChI=1S/C24H29FN4O3.C21H20FN3O3.ClH/c1-30-13-12-26-16-19-14-18(6-9-21(19)25)22-15-23(29-24(28-22)32-3)27-11-10-17-4-7-20(31-2)8-5-17;1-27-17-6-3-14(4-7-17)9-10-23-20-12-19(24-21(25-20)28-2)15-5-8-18(22)16(11-15)13-26;/h4-9,14-15,26H,10-13,16H2,1-3H3,(H,27,28,29);3-8,11-13H,9-10H2,1-2H3,(H,23,24,25);1H. The lowest BCUT2D eigenvalue weighted by molar-refractivity contribution is 0.112. The number of hydrogen-bond donors (Lipinski definition) is 3. The molecule has 6 rings (SSSR count). The van der Waals surface area contributed by atoms with Crippen molar-refractivity contribution in [2.75, 3.05) is 72.4 Å². The van der Waals surface area contributed by atoms with Crippen molar-refractivity contribution in [1.82, 2.24) is 25.3 Å². The molecule has 0 atom stereocenters. The molecule has 61 heavy (non-hydrogen) atoms. The highest BCUT2D eigenvalue weighted by Gasteiger charge is 2.12. The van der Waals surface area contributed by atoms with Crippen LogP contribution in [-0.4, -0.2) is 88.0 Å². The van der Waals surface area contributed by atoms with Gasteiger partial charge in [0, 0.05) is 62.1 Å². The number of rotatable bonds is 20. The molecule has 322 valence electrons. The fourth-order valence-electron chi connectivity index (χ4n) is 5.82. The van der Waals surface area contributed by atoms with E-state index < -0.39 is 5.82 Å². The van der Waals surface area contributed by atoms with E-state index >= 15 is 0 Å². The fourth-order valence-corrected chi connectivity index (χ4v) is 5.82. The van der Waals surface area contributed by atoms with Crippen molar-refractivity contribution < 1.29 is 37.3 Å². The fraction of sp³-hybridized carbons (Fsp3) is 0.267. The molecule has 0 saturated heterocycles. The number of carbonyl (C=O) groups is 1. The first-order chi connectivity index (χ1) is 29.2. The third-order valence-corrected chi connectivity index (χ3v) is 9.09.